The summed E-state index contributed by atoms with van der Waals surface area (Å²) in [5.74, 6) is 1.11. The molecule has 7 nitrogen and oxygen atoms in total. The number of ether oxygens (including phenoxy) is 2. The summed E-state index contributed by atoms with van der Waals surface area (Å²) in [7, 11) is -3.63. The molecule has 152 valence electrons. The SMILES string of the molecule is CCOc1ccc(CCNS(=O)(=O)c2ccc(NC(C)=O)cc2)cc1OCC. The minimum atomic E-state index is -3.63. The minimum absolute atomic E-state index is 0.142. The van der Waals surface area contributed by atoms with Gasteiger partial charge in [0.15, 0.2) is 11.5 Å². The van der Waals surface area contributed by atoms with E-state index in [0.29, 0.717) is 36.8 Å². The third kappa shape index (κ3) is 6.24. The van der Waals surface area contributed by atoms with Crippen LogP contribution in [0.1, 0.15) is 26.3 Å². The maximum absolute atomic E-state index is 12.4. The average Bonchev–Trinajstić information content (AvgIpc) is 2.64. The molecule has 0 unspecified atom stereocenters. The quantitative estimate of drug-likeness (QED) is 0.633. The molecule has 0 aliphatic heterocycles. The van der Waals surface area contributed by atoms with Gasteiger partial charge in [0.25, 0.3) is 0 Å². The Kier molecular flexibility index (Phi) is 7.83. The highest BCUT2D eigenvalue weighted by Crippen LogP contribution is 2.28. The first-order chi connectivity index (χ1) is 13.4. The molecule has 2 aromatic carbocycles. The van der Waals surface area contributed by atoms with Crippen molar-refractivity contribution in [3.63, 3.8) is 0 Å². The van der Waals surface area contributed by atoms with E-state index in [1.807, 2.05) is 32.0 Å². The number of nitrogens with one attached hydrogen (secondary N) is 2. The van der Waals surface area contributed by atoms with Crippen molar-refractivity contribution < 1.29 is 22.7 Å². The normalized spacial score (nSPS) is 11.1. The maximum Gasteiger partial charge on any atom is 0.240 e. The van der Waals surface area contributed by atoms with Crippen LogP contribution in [0.5, 0.6) is 11.5 Å². The molecule has 8 heteroatoms. The van der Waals surface area contributed by atoms with Gasteiger partial charge in [-0.1, -0.05) is 6.07 Å². The van der Waals surface area contributed by atoms with E-state index in [2.05, 4.69) is 10.0 Å². The largest absolute Gasteiger partial charge is 0.490 e. The Balaban J connectivity index is 1.99. The van der Waals surface area contributed by atoms with E-state index < -0.39 is 10.0 Å². The van der Waals surface area contributed by atoms with E-state index in [1.54, 1.807) is 12.1 Å². The lowest BCUT2D eigenvalue weighted by Crippen LogP contribution is -2.26. The maximum atomic E-state index is 12.4. The van der Waals surface area contributed by atoms with Crippen LogP contribution in [0.4, 0.5) is 5.69 Å². The van der Waals surface area contributed by atoms with E-state index in [0.717, 1.165) is 5.56 Å². The average molecular weight is 407 g/mol. The van der Waals surface area contributed by atoms with Gasteiger partial charge in [-0.05, 0) is 62.2 Å². The molecule has 0 saturated carbocycles. The van der Waals surface area contributed by atoms with Gasteiger partial charge >= 0.3 is 0 Å². The lowest BCUT2D eigenvalue weighted by molar-refractivity contribution is -0.114. The van der Waals surface area contributed by atoms with E-state index in [1.165, 1.54) is 19.1 Å². The van der Waals surface area contributed by atoms with Gasteiger partial charge in [0, 0.05) is 19.2 Å². The summed E-state index contributed by atoms with van der Waals surface area (Å²) in [6.07, 6.45) is 0.510. The summed E-state index contributed by atoms with van der Waals surface area (Å²) < 4.78 is 38.6. The van der Waals surface area contributed by atoms with Gasteiger partial charge in [0.1, 0.15) is 0 Å². The summed E-state index contributed by atoms with van der Waals surface area (Å²) in [6.45, 7) is 6.50. The van der Waals surface area contributed by atoms with Crippen molar-refractivity contribution in [3.05, 3.63) is 48.0 Å². The van der Waals surface area contributed by atoms with Crippen LogP contribution in [0.3, 0.4) is 0 Å². The highest BCUT2D eigenvalue weighted by molar-refractivity contribution is 7.89. The van der Waals surface area contributed by atoms with Crippen LogP contribution in [0.25, 0.3) is 0 Å². The fraction of sp³-hybridized carbons (Fsp3) is 0.350. The van der Waals surface area contributed by atoms with Gasteiger partial charge in [-0.2, -0.15) is 0 Å². The Bertz CT molecular complexity index is 895. The number of amides is 1. The summed E-state index contributed by atoms with van der Waals surface area (Å²) in [5.41, 5.74) is 1.49. The van der Waals surface area contributed by atoms with E-state index in [4.69, 9.17) is 9.47 Å². The molecule has 2 rings (SSSR count). The fourth-order valence-corrected chi connectivity index (χ4v) is 3.62. The minimum Gasteiger partial charge on any atom is -0.490 e. The van der Waals surface area contributed by atoms with Gasteiger partial charge in [-0.3, -0.25) is 4.79 Å². The summed E-state index contributed by atoms with van der Waals surface area (Å²) in [4.78, 5) is 11.2. The molecule has 28 heavy (non-hydrogen) atoms. The molecule has 2 aromatic rings. The zero-order valence-corrected chi connectivity index (χ0v) is 17.1. The molecule has 2 N–H and O–H groups in total. The number of hydrogen-bond donors (Lipinski definition) is 2. The van der Waals surface area contributed by atoms with Crippen LogP contribution in [-0.4, -0.2) is 34.1 Å². The Labute approximate surface area is 166 Å². The van der Waals surface area contributed by atoms with Gasteiger partial charge in [0.05, 0.1) is 18.1 Å². The third-order valence-electron chi connectivity index (χ3n) is 3.80. The first kappa shape index (κ1) is 21.7. The molecular weight excluding hydrogens is 380 g/mol. The van der Waals surface area contributed by atoms with Crippen LogP contribution in [-0.2, 0) is 21.2 Å². The number of carbonyl (C=O) groups is 1. The van der Waals surface area contributed by atoms with Gasteiger partial charge in [-0.15, -0.1) is 0 Å². The zero-order valence-electron chi connectivity index (χ0n) is 16.3. The molecule has 0 spiro atoms. The van der Waals surface area contributed by atoms with Crippen LogP contribution in [0.2, 0.25) is 0 Å². The third-order valence-corrected chi connectivity index (χ3v) is 5.28. The number of hydrogen-bond acceptors (Lipinski definition) is 5. The van der Waals surface area contributed by atoms with Crippen molar-refractivity contribution in [2.45, 2.75) is 32.1 Å². The molecule has 0 aliphatic rings. The smallest absolute Gasteiger partial charge is 0.240 e. The van der Waals surface area contributed by atoms with Crippen molar-refractivity contribution in [2.24, 2.45) is 0 Å². The highest BCUT2D eigenvalue weighted by Gasteiger charge is 2.14. The molecular formula is C20H26N2O5S. The first-order valence-electron chi connectivity index (χ1n) is 9.11. The number of sulfonamides is 1. The Morgan fingerprint density at radius 1 is 0.964 bits per heavy atom. The van der Waals surface area contributed by atoms with Crippen LogP contribution in [0, 0.1) is 0 Å². The second kappa shape index (κ2) is 10.1. The lowest BCUT2D eigenvalue weighted by Gasteiger charge is -2.13. The van der Waals surface area contributed by atoms with E-state index >= 15 is 0 Å². The van der Waals surface area contributed by atoms with Crippen LogP contribution in [0.15, 0.2) is 47.4 Å². The zero-order chi connectivity index (χ0) is 20.6. The predicted molar refractivity (Wildman–Crippen MR) is 108 cm³/mol. The Morgan fingerprint density at radius 3 is 2.21 bits per heavy atom. The number of anilines is 1. The Morgan fingerprint density at radius 2 is 1.61 bits per heavy atom. The van der Waals surface area contributed by atoms with Gasteiger partial charge in [-0.25, -0.2) is 13.1 Å². The standard InChI is InChI=1S/C20H26N2O5S/c1-4-26-19-11-6-16(14-20(19)27-5-2)12-13-21-28(24,25)18-9-7-17(8-10-18)22-15(3)23/h6-11,14,21H,4-5,12-13H2,1-3H3,(H,22,23). The van der Waals surface area contributed by atoms with Crippen LogP contribution < -0.4 is 19.5 Å². The lowest BCUT2D eigenvalue weighted by atomic mass is 10.1. The molecule has 0 saturated heterocycles. The molecule has 0 aromatic heterocycles. The summed E-state index contributed by atoms with van der Waals surface area (Å²) in [5, 5.41) is 2.60. The molecule has 0 radical (unpaired) electrons. The topological polar surface area (TPSA) is 93.7 Å². The summed E-state index contributed by atoms with van der Waals surface area (Å²) in [6, 6.07) is 11.6. The molecule has 0 fully saturated rings. The van der Waals surface area contributed by atoms with Crippen molar-refractivity contribution >= 4 is 21.6 Å². The van der Waals surface area contributed by atoms with Crippen molar-refractivity contribution in [2.75, 3.05) is 25.1 Å². The van der Waals surface area contributed by atoms with Crippen molar-refractivity contribution in [1.82, 2.24) is 4.72 Å². The predicted octanol–water partition coefficient (Wildman–Crippen LogP) is 2.96. The van der Waals surface area contributed by atoms with Gasteiger partial charge < -0.3 is 14.8 Å². The monoisotopic (exact) mass is 406 g/mol. The molecule has 0 aliphatic carbocycles. The van der Waals surface area contributed by atoms with Crippen molar-refractivity contribution in [3.8, 4) is 11.5 Å². The molecule has 1 amide bonds. The molecule has 0 bridgehead atoms. The van der Waals surface area contributed by atoms with E-state index in [9.17, 15) is 13.2 Å². The number of rotatable bonds is 10. The van der Waals surface area contributed by atoms with Crippen molar-refractivity contribution in [1.29, 1.82) is 0 Å². The van der Waals surface area contributed by atoms with E-state index in [-0.39, 0.29) is 17.3 Å². The van der Waals surface area contributed by atoms with Gasteiger partial charge in [0.2, 0.25) is 15.9 Å². The first-order valence-corrected chi connectivity index (χ1v) is 10.6. The number of benzene rings is 2. The highest BCUT2D eigenvalue weighted by atomic mass is 32.2. The second-order valence-corrected chi connectivity index (χ2v) is 7.77. The molecule has 0 heterocycles. The second-order valence-electron chi connectivity index (χ2n) is 6.00. The van der Waals surface area contributed by atoms with Crippen LogP contribution >= 0.6 is 0 Å². The fourth-order valence-electron chi connectivity index (χ4n) is 2.58. The Hall–Kier alpha value is -2.58. The number of carbonyl (C=O) groups excluding carboxylic acids is 1. The molecule has 0 atom stereocenters. The summed E-state index contributed by atoms with van der Waals surface area (Å²) >= 11 is 0.